The molecule has 0 radical (unpaired) electrons. The topological polar surface area (TPSA) is 90.9 Å². The third kappa shape index (κ3) is 5.49. The van der Waals surface area contributed by atoms with E-state index in [1.807, 2.05) is 37.3 Å². The molecule has 3 N–H and O–H groups in total. The van der Waals surface area contributed by atoms with E-state index >= 15 is 0 Å². The van der Waals surface area contributed by atoms with Crippen molar-refractivity contribution in [1.29, 1.82) is 0 Å². The molecule has 2 heterocycles. The first-order chi connectivity index (χ1) is 17.9. The lowest BCUT2D eigenvalue weighted by molar-refractivity contribution is 0.0766. The van der Waals surface area contributed by atoms with Gasteiger partial charge in [0, 0.05) is 42.8 Å². The molecule has 0 fully saturated rings. The first kappa shape index (κ1) is 25.3. The summed E-state index contributed by atoms with van der Waals surface area (Å²) in [6.07, 6.45) is -0.0575. The number of carbonyl (C=O) groups excluding carboxylic acids is 2. The maximum atomic E-state index is 13.2. The molecule has 2 amide bonds. The number of halogens is 1. The quantitative estimate of drug-likeness (QED) is 0.422. The summed E-state index contributed by atoms with van der Waals surface area (Å²) >= 11 is 6.10. The summed E-state index contributed by atoms with van der Waals surface area (Å²) in [4.78, 5) is 28.0. The highest BCUT2D eigenvalue weighted by molar-refractivity contribution is 6.30. The van der Waals surface area contributed by atoms with Gasteiger partial charge in [0.1, 0.15) is 5.75 Å². The number of nitrogens with zero attached hydrogens (tertiary/aromatic N) is 1. The third-order valence-electron chi connectivity index (χ3n) is 6.94. The average Bonchev–Trinajstić information content (AvgIpc) is 3.20. The number of ether oxygens (including phenoxy) is 1. The zero-order chi connectivity index (χ0) is 25.9. The number of hydrogen-bond acceptors (Lipinski definition) is 5. The highest BCUT2D eigenvalue weighted by Crippen LogP contribution is 2.32. The molecule has 0 aromatic heterocycles. The standard InChI is InChI=1S/C29H30ClN3O4/c1-2-37-27-13-23-21(17-33(29(23)36)16-18-6-5-9-22(30)10-18)11-24(27)28(35)32-15-26(34)25-12-19-7-3-4-8-20(19)14-31-25/h3-11,13,25-26,31,34H,2,12,14-17H2,1H3,(H,32,35). The van der Waals surface area contributed by atoms with Crippen molar-refractivity contribution >= 4 is 23.4 Å². The summed E-state index contributed by atoms with van der Waals surface area (Å²) in [6.45, 7) is 3.78. The summed E-state index contributed by atoms with van der Waals surface area (Å²) < 4.78 is 5.74. The van der Waals surface area contributed by atoms with E-state index in [2.05, 4.69) is 22.8 Å². The molecule has 5 rings (SSSR count). The number of fused-ring (bicyclic) bond motifs is 2. The second kappa shape index (κ2) is 10.9. The highest BCUT2D eigenvalue weighted by atomic mass is 35.5. The van der Waals surface area contributed by atoms with Crippen LogP contribution in [0.2, 0.25) is 5.02 Å². The number of aliphatic hydroxyl groups excluding tert-OH is 1. The minimum Gasteiger partial charge on any atom is -0.493 e. The molecule has 0 spiro atoms. The molecule has 0 saturated heterocycles. The zero-order valence-electron chi connectivity index (χ0n) is 20.7. The summed E-state index contributed by atoms with van der Waals surface area (Å²) in [7, 11) is 0. The van der Waals surface area contributed by atoms with Crippen LogP contribution in [-0.2, 0) is 26.1 Å². The molecule has 2 unspecified atom stereocenters. The van der Waals surface area contributed by atoms with Crippen molar-refractivity contribution in [3.63, 3.8) is 0 Å². The van der Waals surface area contributed by atoms with E-state index in [4.69, 9.17) is 16.3 Å². The van der Waals surface area contributed by atoms with Crippen LogP contribution in [0, 0.1) is 0 Å². The number of aliphatic hydroxyl groups is 1. The van der Waals surface area contributed by atoms with E-state index in [9.17, 15) is 14.7 Å². The fraction of sp³-hybridized carbons (Fsp3) is 0.310. The van der Waals surface area contributed by atoms with Gasteiger partial charge in [-0.1, -0.05) is 48.0 Å². The van der Waals surface area contributed by atoms with Gasteiger partial charge in [-0.25, -0.2) is 0 Å². The van der Waals surface area contributed by atoms with Gasteiger partial charge in [-0.05, 0) is 59.9 Å². The second-order valence-corrected chi connectivity index (χ2v) is 9.90. The van der Waals surface area contributed by atoms with E-state index in [1.165, 1.54) is 11.1 Å². The molecule has 2 aliphatic rings. The van der Waals surface area contributed by atoms with Gasteiger partial charge in [-0.2, -0.15) is 0 Å². The molecule has 0 saturated carbocycles. The lowest BCUT2D eigenvalue weighted by Crippen LogP contribution is -2.49. The molecular weight excluding hydrogens is 490 g/mol. The van der Waals surface area contributed by atoms with Crippen molar-refractivity contribution < 1.29 is 19.4 Å². The van der Waals surface area contributed by atoms with E-state index < -0.39 is 6.10 Å². The summed E-state index contributed by atoms with van der Waals surface area (Å²) in [6, 6.07) is 18.8. The van der Waals surface area contributed by atoms with Crippen LogP contribution in [0.4, 0.5) is 0 Å². The molecule has 0 bridgehead atoms. The Labute approximate surface area is 221 Å². The number of rotatable bonds is 8. The zero-order valence-corrected chi connectivity index (χ0v) is 21.4. The van der Waals surface area contributed by atoms with Gasteiger partial charge in [-0.15, -0.1) is 0 Å². The van der Waals surface area contributed by atoms with Gasteiger partial charge in [0.25, 0.3) is 11.8 Å². The molecule has 2 atom stereocenters. The Kier molecular flexibility index (Phi) is 7.46. The molecular formula is C29H30ClN3O4. The van der Waals surface area contributed by atoms with Gasteiger partial charge in [-0.3, -0.25) is 9.59 Å². The van der Waals surface area contributed by atoms with Crippen LogP contribution in [0.5, 0.6) is 5.75 Å². The normalized spacial score (nSPS) is 17.2. The smallest absolute Gasteiger partial charge is 0.255 e. The minimum atomic E-state index is -0.753. The van der Waals surface area contributed by atoms with Crippen molar-refractivity contribution in [3.05, 3.63) is 99.1 Å². The molecule has 8 heteroatoms. The predicted molar refractivity (Wildman–Crippen MR) is 142 cm³/mol. The van der Waals surface area contributed by atoms with E-state index in [0.29, 0.717) is 54.6 Å². The van der Waals surface area contributed by atoms with Crippen LogP contribution in [-0.4, -0.2) is 47.1 Å². The van der Waals surface area contributed by atoms with E-state index in [-0.39, 0.29) is 24.4 Å². The molecule has 37 heavy (non-hydrogen) atoms. The fourth-order valence-corrected chi connectivity index (χ4v) is 5.24. The van der Waals surface area contributed by atoms with Crippen molar-refractivity contribution in [2.45, 2.75) is 45.1 Å². The van der Waals surface area contributed by atoms with Crippen molar-refractivity contribution in [1.82, 2.24) is 15.5 Å². The maximum absolute atomic E-state index is 13.2. The Morgan fingerprint density at radius 2 is 1.97 bits per heavy atom. The predicted octanol–water partition coefficient (Wildman–Crippen LogP) is 3.70. The van der Waals surface area contributed by atoms with Gasteiger partial charge >= 0.3 is 0 Å². The highest BCUT2D eigenvalue weighted by Gasteiger charge is 2.31. The van der Waals surface area contributed by atoms with Crippen LogP contribution < -0.4 is 15.4 Å². The summed E-state index contributed by atoms with van der Waals surface area (Å²) in [5.74, 6) is -0.0971. The van der Waals surface area contributed by atoms with Crippen LogP contribution in [0.15, 0.2) is 60.7 Å². The monoisotopic (exact) mass is 519 g/mol. The Hall–Kier alpha value is -3.39. The SMILES string of the molecule is CCOc1cc2c(cc1C(=O)NCC(O)C1Cc3ccccc3CN1)CN(Cc1cccc(Cl)c1)C2=O. The number of nitrogens with one attached hydrogen (secondary N) is 2. The Balaban J connectivity index is 1.27. The van der Waals surface area contributed by atoms with Crippen LogP contribution >= 0.6 is 11.6 Å². The Morgan fingerprint density at radius 3 is 2.76 bits per heavy atom. The Bertz CT molecular complexity index is 1330. The fourth-order valence-electron chi connectivity index (χ4n) is 5.02. The molecule has 0 aliphatic carbocycles. The maximum Gasteiger partial charge on any atom is 0.255 e. The average molecular weight is 520 g/mol. The lowest BCUT2D eigenvalue weighted by Gasteiger charge is -2.30. The molecule has 3 aromatic carbocycles. The number of hydrogen-bond donors (Lipinski definition) is 3. The van der Waals surface area contributed by atoms with Crippen LogP contribution in [0.1, 0.15) is 49.9 Å². The van der Waals surface area contributed by atoms with E-state index in [1.54, 1.807) is 23.1 Å². The van der Waals surface area contributed by atoms with Gasteiger partial charge < -0.3 is 25.4 Å². The lowest BCUT2D eigenvalue weighted by atomic mass is 9.93. The number of amides is 2. The van der Waals surface area contributed by atoms with Gasteiger partial charge in [0.05, 0.1) is 18.3 Å². The number of carbonyl (C=O) groups is 2. The van der Waals surface area contributed by atoms with Crippen molar-refractivity contribution in [2.75, 3.05) is 13.2 Å². The molecule has 7 nitrogen and oxygen atoms in total. The second-order valence-electron chi connectivity index (χ2n) is 9.47. The Morgan fingerprint density at radius 1 is 1.16 bits per heavy atom. The first-order valence-corrected chi connectivity index (χ1v) is 12.9. The number of benzene rings is 3. The van der Waals surface area contributed by atoms with E-state index in [0.717, 1.165) is 11.1 Å². The van der Waals surface area contributed by atoms with Gasteiger partial charge in [0.2, 0.25) is 0 Å². The largest absolute Gasteiger partial charge is 0.493 e. The molecule has 192 valence electrons. The van der Waals surface area contributed by atoms with Crippen molar-refractivity contribution in [2.24, 2.45) is 0 Å². The van der Waals surface area contributed by atoms with Crippen LogP contribution in [0.3, 0.4) is 0 Å². The van der Waals surface area contributed by atoms with Gasteiger partial charge in [0.15, 0.2) is 0 Å². The first-order valence-electron chi connectivity index (χ1n) is 12.5. The summed E-state index contributed by atoms with van der Waals surface area (Å²) in [5, 5.41) is 17.6. The molecule has 3 aromatic rings. The minimum absolute atomic E-state index is 0.0984. The third-order valence-corrected chi connectivity index (χ3v) is 7.18. The van der Waals surface area contributed by atoms with Crippen LogP contribution in [0.25, 0.3) is 0 Å². The summed E-state index contributed by atoms with van der Waals surface area (Å²) in [5.41, 5.74) is 5.03. The molecule has 2 aliphatic heterocycles. The van der Waals surface area contributed by atoms with Crippen molar-refractivity contribution in [3.8, 4) is 5.75 Å².